The minimum Gasteiger partial charge on any atom is -0.493 e. The molecule has 0 saturated heterocycles. The number of oxime groups is 1. The summed E-state index contributed by atoms with van der Waals surface area (Å²) < 4.78 is 31.9. The predicted molar refractivity (Wildman–Crippen MR) is 236 cm³/mol. The van der Waals surface area contributed by atoms with E-state index in [0.717, 1.165) is 53.9 Å². The summed E-state index contributed by atoms with van der Waals surface area (Å²) >= 11 is 1.74. The summed E-state index contributed by atoms with van der Waals surface area (Å²) in [5, 5.41) is 34.2. The minimum atomic E-state index is -1.44. The number of benzene rings is 3. The van der Waals surface area contributed by atoms with Gasteiger partial charge < -0.3 is 43.8 Å². The average Bonchev–Trinajstić information content (AvgIpc) is 3.29. The van der Waals surface area contributed by atoms with Gasteiger partial charge in [-0.1, -0.05) is 78.7 Å². The molecule has 6 atom stereocenters. The number of rotatable bonds is 25. The topological polar surface area (TPSA) is 149 Å². The van der Waals surface area contributed by atoms with Gasteiger partial charge in [0.2, 0.25) is 5.79 Å². The fourth-order valence-electron chi connectivity index (χ4n) is 9.15. The van der Waals surface area contributed by atoms with Gasteiger partial charge in [0, 0.05) is 48.3 Å². The predicted octanol–water partition coefficient (Wildman–Crippen LogP) is 7.77. The number of fused-ring (bicyclic) bond motifs is 2. The molecule has 3 aromatic rings. The highest BCUT2D eigenvalue weighted by Gasteiger charge is 2.65. The first-order valence-electron chi connectivity index (χ1n) is 21.6. The zero-order valence-electron chi connectivity index (χ0n) is 35.3. The van der Waals surface area contributed by atoms with Gasteiger partial charge in [-0.3, -0.25) is 4.90 Å². The Morgan fingerprint density at radius 1 is 0.951 bits per heavy atom. The summed E-state index contributed by atoms with van der Waals surface area (Å²) in [5.41, 5.74) is 3.55. The van der Waals surface area contributed by atoms with Crippen molar-refractivity contribution in [2.24, 2.45) is 22.9 Å². The maximum atomic E-state index is 14.0. The Kier molecular flexibility index (Phi) is 18.0. The summed E-state index contributed by atoms with van der Waals surface area (Å²) in [5.74, 6) is 0.121. The second kappa shape index (κ2) is 23.7. The van der Waals surface area contributed by atoms with E-state index in [2.05, 4.69) is 30.9 Å². The molecule has 13 heteroatoms. The Hall–Kier alpha value is -4.37. The lowest BCUT2D eigenvalue weighted by molar-refractivity contribution is -0.256. The molecule has 330 valence electrons. The van der Waals surface area contributed by atoms with E-state index in [9.17, 15) is 20.1 Å². The van der Waals surface area contributed by atoms with Crippen molar-refractivity contribution >= 4 is 23.6 Å². The van der Waals surface area contributed by atoms with Crippen LogP contribution in [0.4, 0.5) is 4.79 Å². The van der Waals surface area contributed by atoms with E-state index in [0.29, 0.717) is 30.9 Å². The number of hydrogen-bond acceptors (Lipinski definition) is 12. The zero-order valence-corrected chi connectivity index (χ0v) is 36.1. The van der Waals surface area contributed by atoms with Gasteiger partial charge in [-0.25, -0.2) is 4.79 Å². The summed E-state index contributed by atoms with van der Waals surface area (Å²) in [4.78, 5) is 22.9. The van der Waals surface area contributed by atoms with Crippen molar-refractivity contribution in [1.82, 2.24) is 4.90 Å². The molecule has 3 N–H and O–H groups in total. The molecule has 1 fully saturated rings. The number of unbranched alkanes of at least 4 members (excludes halogenated alkanes) is 2. The Balaban J connectivity index is 1.50. The van der Waals surface area contributed by atoms with Crippen LogP contribution in [0.15, 0.2) is 113 Å². The van der Waals surface area contributed by atoms with Gasteiger partial charge in [0.25, 0.3) is 0 Å². The number of hydrogen-bond donors (Lipinski definition) is 3. The van der Waals surface area contributed by atoms with Crippen LogP contribution in [0.5, 0.6) is 11.5 Å². The summed E-state index contributed by atoms with van der Waals surface area (Å²) in [6.45, 7) is 5.29. The molecule has 3 aromatic carbocycles. The molecule has 0 bridgehead atoms. The molecule has 12 nitrogen and oxygen atoms in total. The van der Waals surface area contributed by atoms with E-state index in [-0.39, 0.29) is 77.0 Å². The van der Waals surface area contributed by atoms with Crippen molar-refractivity contribution in [3.05, 3.63) is 114 Å². The smallest absolute Gasteiger partial charge is 0.410 e. The highest BCUT2D eigenvalue weighted by molar-refractivity contribution is 7.99. The van der Waals surface area contributed by atoms with Crippen LogP contribution in [0.2, 0.25) is 0 Å². The van der Waals surface area contributed by atoms with E-state index in [4.69, 9.17) is 33.7 Å². The highest BCUT2D eigenvalue weighted by atomic mass is 32.2. The lowest BCUT2D eigenvalue weighted by atomic mass is 9.55. The first kappa shape index (κ1) is 46.1. The molecule has 1 aliphatic heterocycles. The molecular weight excluding hydrogens is 797 g/mol. The third-order valence-electron chi connectivity index (χ3n) is 11.8. The SMILES string of the molecule is C=CCO[C@@]12Oc3ccc(OCCSc4ccccc4)cc3[C@H]3[C@H](CCCCO)[C@@H](CCCCO)C=C(C(=NOCc4ccccc4)C[C@@H]1N(CCOCCO)C(=O)OC)[C@H]32. The highest BCUT2D eigenvalue weighted by Crippen LogP contribution is 2.62. The number of allylic oxidation sites excluding steroid dienone is 1. The number of thioether (sulfide) groups is 1. The van der Waals surface area contributed by atoms with E-state index in [1.807, 2.05) is 60.7 Å². The van der Waals surface area contributed by atoms with Gasteiger partial charge in [0.05, 0.1) is 51.8 Å². The third-order valence-corrected chi connectivity index (χ3v) is 12.7. The lowest BCUT2D eigenvalue weighted by Crippen LogP contribution is -2.70. The van der Waals surface area contributed by atoms with Crippen molar-refractivity contribution < 1.29 is 48.6 Å². The van der Waals surface area contributed by atoms with Gasteiger partial charge >= 0.3 is 6.09 Å². The number of ether oxygens (including phenoxy) is 5. The molecule has 61 heavy (non-hydrogen) atoms. The molecule has 0 unspecified atom stereocenters. The van der Waals surface area contributed by atoms with E-state index >= 15 is 0 Å². The normalized spacial score (nSPS) is 23.2. The first-order valence-corrected chi connectivity index (χ1v) is 22.5. The fourth-order valence-corrected chi connectivity index (χ4v) is 9.91. The molecule has 1 saturated carbocycles. The molecule has 2 aliphatic carbocycles. The first-order chi connectivity index (χ1) is 30.0. The van der Waals surface area contributed by atoms with Crippen LogP contribution < -0.4 is 9.47 Å². The fraction of sp³-hybridized carbons (Fsp3) is 0.500. The number of methoxy groups -OCH3 is 1. The molecule has 0 spiro atoms. The standard InChI is InChI=1S/C48H62N2O10S/c1-3-26-58-48-44(50(47(54)55-2)22-27-56-28-25-53)33-42(49-59-34-35-14-6-4-7-15-35)40-31-36(16-10-12-23-51)39(19-11-13-24-52)45(46(40)48)41-32-37(20-21-43(41)60-48)57-29-30-61-38-17-8-5-9-18-38/h3-9,14-15,17-18,20-21,31-32,36,39,44-46,51-53H,1,10-13,16,19,22-30,33-34H2,2H3/t36-,39+,44-,45+,46+,48+/m0/s1. The maximum Gasteiger partial charge on any atom is 0.410 e. The van der Waals surface area contributed by atoms with Crippen LogP contribution in [-0.4, -0.2) is 110 Å². The van der Waals surface area contributed by atoms with Crippen molar-refractivity contribution in [2.75, 3.05) is 65.7 Å². The Morgan fingerprint density at radius 2 is 1.70 bits per heavy atom. The van der Waals surface area contributed by atoms with Gasteiger partial charge in [-0.05, 0) is 79.0 Å². The maximum absolute atomic E-state index is 14.0. The Labute approximate surface area is 364 Å². The van der Waals surface area contributed by atoms with Crippen LogP contribution in [-0.2, 0) is 25.7 Å². The summed E-state index contributed by atoms with van der Waals surface area (Å²) in [6.07, 6.45) is 8.23. The number of amides is 1. The van der Waals surface area contributed by atoms with Crippen LogP contribution in [0.1, 0.15) is 62.0 Å². The van der Waals surface area contributed by atoms with Crippen molar-refractivity contribution in [3.8, 4) is 11.5 Å². The van der Waals surface area contributed by atoms with Crippen molar-refractivity contribution in [3.63, 3.8) is 0 Å². The quantitative estimate of drug-likeness (QED) is 0.0332. The summed E-state index contributed by atoms with van der Waals surface area (Å²) in [6, 6.07) is 25.3. The molecule has 3 aliphatic rings. The van der Waals surface area contributed by atoms with E-state index in [1.165, 1.54) is 12.0 Å². The van der Waals surface area contributed by atoms with Crippen molar-refractivity contribution in [2.45, 2.75) is 74.2 Å². The van der Waals surface area contributed by atoms with Crippen molar-refractivity contribution in [1.29, 1.82) is 0 Å². The molecule has 6 rings (SSSR count). The average molecular weight is 859 g/mol. The summed E-state index contributed by atoms with van der Waals surface area (Å²) in [7, 11) is 1.35. The lowest BCUT2D eigenvalue weighted by Gasteiger charge is -2.59. The van der Waals surface area contributed by atoms with E-state index < -0.39 is 23.8 Å². The van der Waals surface area contributed by atoms with Gasteiger partial charge in [0.1, 0.15) is 24.1 Å². The number of aliphatic hydroxyl groups is 3. The zero-order chi connectivity index (χ0) is 42.9. The molecule has 0 radical (unpaired) electrons. The number of carbonyl (C=O) groups is 1. The van der Waals surface area contributed by atoms with E-state index in [1.54, 1.807) is 22.7 Å². The number of carbonyl (C=O) groups excluding carboxylic acids is 1. The third kappa shape index (κ3) is 11.6. The Bertz CT molecular complexity index is 1880. The van der Waals surface area contributed by atoms with Crippen LogP contribution in [0.3, 0.4) is 0 Å². The molecule has 1 heterocycles. The van der Waals surface area contributed by atoms with Crippen LogP contribution in [0, 0.1) is 17.8 Å². The van der Waals surface area contributed by atoms with Gasteiger partial charge in [0.15, 0.2) is 0 Å². The molecular formula is C48H62N2O10S. The number of aliphatic hydroxyl groups excluding tert-OH is 3. The number of nitrogens with zero attached hydrogens (tertiary/aromatic N) is 2. The van der Waals surface area contributed by atoms with Crippen LogP contribution >= 0.6 is 11.8 Å². The molecule has 1 amide bonds. The van der Waals surface area contributed by atoms with Gasteiger partial charge in [-0.2, -0.15) is 0 Å². The molecule has 0 aromatic heterocycles. The Morgan fingerprint density at radius 3 is 2.43 bits per heavy atom. The largest absolute Gasteiger partial charge is 0.493 e. The van der Waals surface area contributed by atoms with Gasteiger partial charge in [-0.15, -0.1) is 18.3 Å². The van der Waals surface area contributed by atoms with Crippen LogP contribution in [0.25, 0.3) is 0 Å². The second-order valence-electron chi connectivity index (χ2n) is 15.5. The minimum absolute atomic E-state index is 0.0573. The monoisotopic (exact) mass is 858 g/mol. The second-order valence-corrected chi connectivity index (χ2v) is 16.7.